The summed E-state index contributed by atoms with van der Waals surface area (Å²) in [6, 6.07) is 33.3. The maximum atomic E-state index is 3.78. The molecule has 0 aliphatic carbocycles. The van der Waals surface area contributed by atoms with Gasteiger partial charge in [0.2, 0.25) is 0 Å². The molecule has 26 heavy (non-hydrogen) atoms. The van der Waals surface area contributed by atoms with Crippen LogP contribution in [0.5, 0.6) is 0 Å². The molecule has 0 spiro atoms. The molecule has 0 fully saturated rings. The molecule has 3 aromatic rings. The van der Waals surface area contributed by atoms with Gasteiger partial charge in [0.1, 0.15) is 0 Å². The molecule has 0 nitrogen and oxygen atoms in total. The number of allylic oxidation sites excluding steroid dienone is 1. The van der Waals surface area contributed by atoms with Gasteiger partial charge in [-0.15, -0.1) is 0 Å². The van der Waals surface area contributed by atoms with Crippen LogP contribution in [0.1, 0.15) is 27.2 Å². The number of benzene rings is 3. The third-order valence-electron chi connectivity index (χ3n) is 4.83. The molecule has 3 rings (SSSR count). The number of hydrogen-bond donors (Lipinski definition) is 0. The van der Waals surface area contributed by atoms with Gasteiger partial charge in [0.15, 0.2) is 0 Å². The second kappa shape index (κ2) is 8.40. The van der Waals surface area contributed by atoms with Crippen molar-refractivity contribution >= 4 is 26.5 Å². The van der Waals surface area contributed by atoms with E-state index in [1.807, 2.05) is 0 Å². The van der Waals surface area contributed by atoms with Gasteiger partial charge in [0, 0.05) is 0 Å². The predicted molar refractivity (Wildman–Crippen MR) is 116 cm³/mol. The molecule has 0 saturated heterocycles. The van der Waals surface area contributed by atoms with E-state index < -0.39 is 13.3 Å². The molecule has 130 valence electrons. The molecule has 0 aromatic heterocycles. The van der Waals surface area contributed by atoms with E-state index in [-0.39, 0.29) is 0 Å². The average Bonchev–Trinajstić information content (AvgIpc) is 2.70. The van der Waals surface area contributed by atoms with Gasteiger partial charge in [0.25, 0.3) is 0 Å². The van der Waals surface area contributed by atoms with Crippen LogP contribution in [-0.2, 0) is 0 Å². The molecule has 0 bridgehead atoms. The van der Waals surface area contributed by atoms with Crippen LogP contribution in [0.25, 0.3) is 0 Å². The van der Waals surface area contributed by atoms with E-state index in [9.17, 15) is 0 Å². The summed E-state index contributed by atoms with van der Waals surface area (Å²) in [5.74, 6) is 0. The first kappa shape index (κ1) is 18.5. The van der Waals surface area contributed by atoms with Crippen LogP contribution in [0.2, 0.25) is 0 Å². The number of rotatable bonds is 5. The fraction of sp³-hybridized carbons (Fsp3) is 0.160. The summed E-state index contributed by atoms with van der Waals surface area (Å²) < 4.78 is 5.88. The Kier molecular flexibility index (Phi) is 5.98. The van der Waals surface area contributed by atoms with Crippen molar-refractivity contribution in [3.63, 3.8) is 0 Å². The summed E-state index contributed by atoms with van der Waals surface area (Å²) in [4.78, 5) is 0. The van der Waals surface area contributed by atoms with E-state index in [0.717, 1.165) is 6.42 Å². The second-order valence-corrected chi connectivity index (χ2v) is 14.9. The molecule has 0 saturated carbocycles. The molecule has 0 atom stereocenters. The first-order valence-corrected chi connectivity index (χ1v) is 13.5. The van der Waals surface area contributed by atoms with Gasteiger partial charge in [-0.1, -0.05) is 0 Å². The fourth-order valence-electron chi connectivity index (χ4n) is 3.84. The SMILES string of the molecule is CC[C](=C=C(C)C)[Ge]([c]1ccccc1)([c]1ccccc1)[c]1ccccc1. The van der Waals surface area contributed by atoms with E-state index in [0.29, 0.717) is 0 Å². The fourth-order valence-corrected chi connectivity index (χ4v) is 14.5. The van der Waals surface area contributed by atoms with Gasteiger partial charge in [-0.3, -0.25) is 0 Å². The Hall–Kier alpha value is -2.28. The minimum absolute atomic E-state index is 1.02. The van der Waals surface area contributed by atoms with Gasteiger partial charge < -0.3 is 0 Å². The van der Waals surface area contributed by atoms with Gasteiger partial charge in [-0.2, -0.15) is 0 Å². The summed E-state index contributed by atoms with van der Waals surface area (Å²) >= 11 is -3.03. The van der Waals surface area contributed by atoms with Crippen molar-refractivity contribution < 1.29 is 0 Å². The van der Waals surface area contributed by atoms with Crippen LogP contribution >= 0.6 is 0 Å². The third kappa shape index (κ3) is 3.49. The van der Waals surface area contributed by atoms with Crippen molar-refractivity contribution in [3.8, 4) is 0 Å². The molecule has 0 aliphatic rings. The van der Waals surface area contributed by atoms with Crippen molar-refractivity contribution in [3.05, 3.63) is 107 Å². The van der Waals surface area contributed by atoms with E-state index in [4.69, 9.17) is 0 Å². The molecular weight excluding hydrogens is 373 g/mol. The van der Waals surface area contributed by atoms with E-state index in [1.54, 1.807) is 0 Å². The first-order chi connectivity index (χ1) is 12.7. The van der Waals surface area contributed by atoms with Crippen molar-refractivity contribution in [2.45, 2.75) is 27.2 Å². The Morgan fingerprint density at radius 3 is 1.27 bits per heavy atom. The summed E-state index contributed by atoms with van der Waals surface area (Å²) in [5, 5.41) is 0. The van der Waals surface area contributed by atoms with E-state index in [2.05, 4.69) is 117 Å². The van der Waals surface area contributed by atoms with Crippen molar-refractivity contribution in [2.24, 2.45) is 0 Å². The molecular formula is C25H26Ge. The molecule has 0 heterocycles. The molecule has 0 radical (unpaired) electrons. The van der Waals surface area contributed by atoms with Gasteiger partial charge in [0.05, 0.1) is 0 Å². The summed E-state index contributed by atoms with van der Waals surface area (Å²) in [5.41, 5.74) is 5.03. The topological polar surface area (TPSA) is 0 Å². The van der Waals surface area contributed by atoms with Crippen molar-refractivity contribution in [1.29, 1.82) is 0 Å². The zero-order valence-electron chi connectivity index (χ0n) is 15.9. The van der Waals surface area contributed by atoms with Crippen LogP contribution in [0.4, 0.5) is 0 Å². The normalized spacial score (nSPS) is 10.9. The van der Waals surface area contributed by atoms with Gasteiger partial charge in [-0.25, -0.2) is 0 Å². The monoisotopic (exact) mass is 400 g/mol. The quantitative estimate of drug-likeness (QED) is 0.435. The van der Waals surface area contributed by atoms with Crippen LogP contribution in [0, 0.1) is 0 Å². The van der Waals surface area contributed by atoms with E-state index in [1.165, 1.54) is 23.2 Å². The van der Waals surface area contributed by atoms with Crippen LogP contribution < -0.4 is 13.2 Å². The van der Waals surface area contributed by atoms with Gasteiger partial charge in [-0.05, 0) is 0 Å². The second-order valence-electron chi connectivity index (χ2n) is 6.81. The van der Waals surface area contributed by atoms with E-state index >= 15 is 0 Å². The first-order valence-electron chi connectivity index (χ1n) is 9.29. The Morgan fingerprint density at radius 1 is 0.654 bits per heavy atom. The number of hydrogen-bond acceptors (Lipinski definition) is 0. The Labute approximate surface area is 160 Å². The minimum atomic E-state index is -3.03. The Balaban J connectivity index is 2.50. The van der Waals surface area contributed by atoms with Crippen LogP contribution in [0.3, 0.4) is 0 Å². The standard InChI is InChI=1S/C25H26Ge/c1-4-22(20-21(2)3)26(23-14-8-5-9-15-23,24-16-10-6-11-17-24)25-18-12-7-13-19-25/h5-19H,4H2,1-3H3. The van der Waals surface area contributed by atoms with Crippen LogP contribution in [-0.4, -0.2) is 13.3 Å². The average molecular weight is 399 g/mol. The Bertz CT molecular complexity index is 801. The van der Waals surface area contributed by atoms with Crippen molar-refractivity contribution in [2.75, 3.05) is 0 Å². The molecule has 0 amide bonds. The van der Waals surface area contributed by atoms with Gasteiger partial charge >= 0.3 is 160 Å². The molecule has 0 N–H and O–H groups in total. The molecule has 1 heteroatoms. The zero-order chi connectivity index (χ0) is 18.4. The zero-order valence-corrected chi connectivity index (χ0v) is 18.0. The molecule has 0 unspecified atom stereocenters. The van der Waals surface area contributed by atoms with Crippen molar-refractivity contribution in [1.82, 2.24) is 0 Å². The third-order valence-corrected chi connectivity index (χ3v) is 15.3. The summed E-state index contributed by atoms with van der Waals surface area (Å²) in [6.07, 6.45) is 1.02. The maximum absolute atomic E-state index is 3.78. The van der Waals surface area contributed by atoms with Crippen LogP contribution in [0.15, 0.2) is 107 Å². The summed E-state index contributed by atoms with van der Waals surface area (Å²) in [6.45, 7) is 6.59. The predicted octanol–water partition coefficient (Wildman–Crippen LogP) is 4.60. The summed E-state index contributed by atoms with van der Waals surface area (Å²) in [7, 11) is 0. The molecule has 3 aromatic carbocycles. The Morgan fingerprint density at radius 2 is 1.00 bits per heavy atom. The molecule has 0 aliphatic heterocycles.